The van der Waals surface area contributed by atoms with Crippen LogP contribution in [-0.4, -0.2) is 37.7 Å². The van der Waals surface area contributed by atoms with Gasteiger partial charge in [-0.1, -0.05) is 291 Å². The summed E-state index contributed by atoms with van der Waals surface area (Å²) in [5.74, 6) is 0.311. The van der Waals surface area contributed by atoms with Crippen molar-refractivity contribution in [1.82, 2.24) is 0 Å². The molecule has 0 aliphatic rings. The van der Waals surface area contributed by atoms with Crippen LogP contribution >= 0.6 is 0 Å². The van der Waals surface area contributed by atoms with Crippen LogP contribution in [0.25, 0.3) is 0 Å². The van der Waals surface area contributed by atoms with E-state index in [9.17, 15) is 10.2 Å². The van der Waals surface area contributed by atoms with E-state index in [1.807, 2.05) is 36.4 Å². The zero-order valence-corrected chi connectivity index (χ0v) is 39.8. The summed E-state index contributed by atoms with van der Waals surface area (Å²) in [5.41, 5.74) is 3.41. The van der Waals surface area contributed by atoms with Gasteiger partial charge in [0, 0.05) is 0 Å². The number of unbranched alkanes of at least 4 members (excludes halogenated alkanes) is 34. The van der Waals surface area contributed by atoms with Crippen LogP contribution in [-0.2, 0) is 19.3 Å². The van der Waals surface area contributed by atoms with Gasteiger partial charge in [0.25, 0.3) is 0 Å². The van der Waals surface area contributed by atoms with E-state index in [1.54, 1.807) is 0 Å². The van der Waals surface area contributed by atoms with E-state index in [1.165, 1.54) is 218 Å². The van der Waals surface area contributed by atoms with Gasteiger partial charge in [0.15, 0.2) is 0 Å². The SMILES string of the molecule is CCCCCCCCCCCCCCCCCCCCc1cccc(Cc2cccc(CCCCCCCCCCCCCCCCCCCC)c2[O-])c1[O-].[Ca+2]. The van der Waals surface area contributed by atoms with Crippen molar-refractivity contribution in [2.24, 2.45) is 0 Å². The van der Waals surface area contributed by atoms with E-state index in [0.717, 1.165) is 47.9 Å². The molecule has 2 aromatic rings. The molecule has 0 aliphatic heterocycles. The summed E-state index contributed by atoms with van der Waals surface area (Å²) in [6.07, 6.45) is 51.6. The van der Waals surface area contributed by atoms with Crippen LogP contribution in [0.1, 0.15) is 267 Å². The maximum Gasteiger partial charge on any atom is 2.00 e. The van der Waals surface area contributed by atoms with Crippen LogP contribution in [0.3, 0.4) is 0 Å². The number of para-hydroxylation sites is 2. The van der Waals surface area contributed by atoms with E-state index < -0.39 is 0 Å². The third-order valence-corrected chi connectivity index (χ3v) is 12.3. The van der Waals surface area contributed by atoms with Crippen LogP contribution in [0.15, 0.2) is 36.4 Å². The van der Waals surface area contributed by atoms with Gasteiger partial charge in [-0.25, -0.2) is 0 Å². The number of aryl methyl sites for hydroxylation is 2. The average Bonchev–Trinajstić information content (AvgIpc) is 3.19. The fourth-order valence-electron chi connectivity index (χ4n) is 8.59. The molecule has 0 saturated carbocycles. The van der Waals surface area contributed by atoms with Gasteiger partial charge < -0.3 is 10.2 Å². The van der Waals surface area contributed by atoms with Crippen molar-refractivity contribution in [2.75, 3.05) is 0 Å². The van der Waals surface area contributed by atoms with Crippen LogP contribution in [0.4, 0.5) is 0 Å². The number of hydrogen-bond donors (Lipinski definition) is 0. The Balaban J connectivity index is 0.0000157. The Kier molecular flexibility index (Phi) is 37.8. The van der Waals surface area contributed by atoms with Crippen LogP contribution in [0.2, 0.25) is 0 Å². The molecule has 0 unspecified atom stereocenters. The molecule has 56 heavy (non-hydrogen) atoms. The maximum absolute atomic E-state index is 13.3. The minimum Gasteiger partial charge on any atom is -0.872 e. The number of rotatable bonds is 40. The summed E-state index contributed by atoms with van der Waals surface area (Å²) < 4.78 is 0. The van der Waals surface area contributed by atoms with E-state index in [4.69, 9.17) is 0 Å². The summed E-state index contributed by atoms with van der Waals surface area (Å²) >= 11 is 0. The van der Waals surface area contributed by atoms with Gasteiger partial charge in [0.2, 0.25) is 0 Å². The standard InChI is InChI=1S/C53H92O2.Ca/c1-3-5-7-9-11-13-15-17-19-21-23-25-27-29-31-33-35-37-41-48-43-39-45-50(52(48)54)47-51-46-40-44-49(53(51)55)42-38-36-34-32-30-28-26-24-22-20-18-16-14-12-10-8-6-4-2;/h39-40,43-46,54-55H,3-38,41-42,47H2,1-2H3;/q;+2/p-2. The summed E-state index contributed by atoms with van der Waals surface area (Å²) in [7, 11) is 0. The van der Waals surface area contributed by atoms with Gasteiger partial charge in [-0.3, -0.25) is 0 Å². The van der Waals surface area contributed by atoms with Crippen LogP contribution < -0.4 is 10.2 Å². The molecule has 2 nitrogen and oxygen atoms in total. The normalized spacial score (nSPS) is 11.3. The van der Waals surface area contributed by atoms with Crippen molar-refractivity contribution in [1.29, 1.82) is 0 Å². The average molecular weight is 799 g/mol. The van der Waals surface area contributed by atoms with Crippen molar-refractivity contribution in [3.8, 4) is 11.5 Å². The van der Waals surface area contributed by atoms with Gasteiger partial charge >= 0.3 is 37.7 Å². The topological polar surface area (TPSA) is 46.1 Å². The van der Waals surface area contributed by atoms with Crippen LogP contribution in [0, 0.1) is 0 Å². The van der Waals surface area contributed by atoms with Gasteiger partial charge in [0.05, 0.1) is 0 Å². The first-order valence-corrected chi connectivity index (χ1v) is 24.7. The summed E-state index contributed by atoms with van der Waals surface area (Å²) in [6.45, 7) is 4.59. The summed E-state index contributed by atoms with van der Waals surface area (Å²) in [5, 5.41) is 26.7. The molecule has 0 atom stereocenters. The van der Waals surface area contributed by atoms with Crippen molar-refractivity contribution >= 4 is 37.7 Å². The largest absolute Gasteiger partial charge is 2.00 e. The van der Waals surface area contributed by atoms with Crippen LogP contribution in [0.5, 0.6) is 11.5 Å². The molecule has 316 valence electrons. The molecule has 0 spiro atoms. The molecule has 2 rings (SSSR count). The molecule has 0 bridgehead atoms. The van der Waals surface area contributed by atoms with E-state index in [-0.39, 0.29) is 49.2 Å². The second-order valence-corrected chi connectivity index (χ2v) is 17.5. The molecule has 0 heterocycles. The molecule has 0 aliphatic carbocycles. The zero-order valence-electron chi connectivity index (χ0n) is 37.6. The van der Waals surface area contributed by atoms with Gasteiger partial charge in [-0.05, 0) is 32.1 Å². The fourth-order valence-corrected chi connectivity index (χ4v) is 8.59. The molecule has 3 heteroatoms. The minimum absolute atomic E-state index is 0. The van der Waals surface area contributed by atoms with Crippen molar-refractivity contribution < 1.29 is 10.2 Å². The predicted octanol–water partition coefficient (Wildman–Crippen LogP) is 16.2. The first kappa shape index (κ1) is 53.3. The van der Waals surface area contributed by atoms with Gasteiger partial charge in [-0.2, -0.15) is 0 Å². The molecule has 0 fully saturated rings. The predicted molar refractivity (Wildman–Crippen MR) is 245 cm³/mol. The molecule has 0 radical (unpaired) electrons. The molecule has 0 N–H and O–H groups in total. The molecule has 0 aromatic heterocycles. The molecular weight excluding hydrogens is 709 g/mol. The summed E-state index contributed by atoms with van der Waals surface area (Å²) in [6, 6.07) is 11.9. The minimum atomic E-state index is 0. The first-order chi connectivity index (χ1) is 27.2. The van der Waals surface area contributed by atoms with Crippen molar-refractivity contribution in [2.45, 2.75) is 264 Å². The van der Waals surface area contributed by atoms with E-state index >= 15 is 0 Å². The Bertz CT molecular complexity index is 1040. The molecule has 0 saturated heterocycles. The molecular formula is C53H90CaO2. The van der Waals surface area contributed by atoms with Gasteiger partial charge in [-0.15, -0.1) is 11.5 Å². The summed E-state index contributed by atoms with van der Waals surface area (Å²) in [4.78, 5) is 0. The Morgan fingerprint density at radius 1 is 0.286 bits per heavy atom. The Morgan fingerprint density at radius 2 is 0.482 bits per heavy atom. The quantitative estimate of drug-likeness (QED) is 0.0498. The third-order valence-electron chi connectivity index (χ3n) is 12.3. The monoisotopic (exact) mass is 799 g/mol. The Morgan fingerprint density at radius 3 is 0.714 bits per heavy atom. The Labute approximate surface area is 379 Å². The second kappa shape index (κ2) is 39.7. The Hall–Kier alpha value is -0.700. The third kappa shape index (κ3) is 28.7. The van der Waals surface area contributed by atoms with Gasteiger partial charge in [0.1, 0.15) is 0 Å². The zero-order chi connectivity index (χ0) is 39.3. The first-order valence-electron chi connectivity index (χ1n) is 24.7. The smallest absolute Gasteiger partial charge is 0.872 e. The maximum atomic E-state index is 13.3. The number of benzene rings is 2. The molecule has 0 amide bonds. The van der Waals surface area contributed by atoms with E-state index in [0.29, 0.717) is 6.42 Å². The second-order valence-electron chi connectivity index (χ2n) is 17.5. The fraction of sp³-hybridized carbons (Fsp3) is 0.774. The number of hydrogen-bond acceptors (Lipinski definition) is 2. The van der Waals surface area contributed by atoms with Crippen molar-refractivity contribution in [3.63, 3.8) is 0 Å². The molecule has 2 aromatic carbocycles. The van der Waals surface area contributed by atoms with E-state index in [2.05, 4.69) is 13.8 Å². The van der Waals surface area contributed by atoms with Crippen molar-refractivity contribution in [3.05, 3.63) is 58.7 Å².